The molecule has 1 saturated carbocycles. The van der Waals surface area contributed by atoms with Gasteiger partial charge in [0, 0.05) is 17.0 Å². The number of nitrogens with zero attached hydrogens (tertiary/aromatic N) is 2. The van der Waals surface area contributed by atoms with Gasteiger partial charge in [0.1, 0.15) is 24.1 Å². The normalized spacial score (nSPS) is 15.9. The summed E-state index contributed by atoms with van der Waals surface area (Å²) < 4.78 is 71.6. The smallest absolute Gasteiger partial charge is 0.419 e. The van der Waals surface area contributed by atoms with E-state index in [4.69, 9.17) is 14.2 Å². The van der Waals surface area contributed by atoms with Crippen molar-refractivity contribution in [2.45, 2.75) is 57.9 Å². The molecule has 1 N–H and O–H groups in total. The van der Waals surface area contributed by atoms with E-state index in [9.17, 15) is 17.6 Å². The van der Waals surface area contributed by atoms with Gasteiger partial charge in [-0.1, -0.05) is 12.1 Å². The maximum Gasteiger partial charge on any atom is 0.419 e. The molecule has 10 heteroatoms. The molecule has 3 aromatic rings. The van der Waals surface area contributed by atoms with Gasteiger partial charge >= 0.3 is 6.18 Å². The zero-order valence-corrected chi connectivity index (χ0v) is 20.6. The molecule has 0 unspecified atom stereocenters. The molecule has 1 aliphatic rings. The van der Waals surface area contributed by atoms with Crippen LogP contribution in [0.3, 0.4) is 0 Å². The molecule has 0 aliphatic heterocycles. The van der Waals surface area contributed by atoms with Crippen LogP contribution in [0.2, 0.25) is 0 Å². The minimum Gasteiger partial charge on any atom is -0.493 e. The zero-order chi connectivity index (χ0) is 26.1. The van der Waals surface area contributed by atoms with E-state index in [1.54, 1.807) is 26.0 Å². The van der Waals surface area contributed by atoms with Crippen LogP contribution in [0.4, 0.5) is 23.4 Å². The number of nitrogens with one attached hydrogen (secondary N) is 1. The number of aromatic nitrogens is 2. The van der Waals surface area contributed by atoms with Crippen molar-refractivity contribution in [3.63, 3.8) is 0 Å². The van der Waals surface area contributed by atoms with Gasteiger partial charge in [-0.3, -0.25) is 0 Å². The van der Waals surface area contributed by atoms with Crippen molar-refractivity contribution in [2.24, 2.45) is 0 Å². The van der Waals surface area contributed by atoms with Crippen LogP contribution in [0.1, 0.15) is 56.1 Å². The number of methoxy groups -OCH3 is 1. The molecule has 1 atom stereocenters. The van der Waals surface area contributed by atoms with E-state index >= 15 is 0 Å². The summed E-state index contributed by atoms with van der Waals surface area (Å²) in [4.78, 5) is 8.87. The number of alkyl halides is 3. The molecule has 1 fully saturated rings. The lowest BCUT2D eigenvalue weighted by Crippen LogP contribution is -2.37. The third kappa shape index (κ3) is 5.48. The van der Waals surface area contributed by atoms with Crippen LogP contribution in [0, 0.1) is 12.7 Å². The van der Waals surface area contributed by atoms with E-state index < -0.39 is 23.6 Å². The number of ether oxygens (including phenoxy) is 3. The Morgan fingerprint density at radius 3 is 2.50 bits per heavy atom. The second-order valence-electron chi connectivity index (χ2n) is 9.21. The monoisotopic (exact) mass is 507 g/mol. The Bertz CT molecular complexity index is 1250. The summed E-state index contributed by atoms with van der Waals surface area (Å²) in [5.74, 6) is 0.372. The van der Waals surface area contributed by atoms with Crippen LogP contribution in [0.15, 0.2) is 30.3 Å². The number of fused-ring (bicyclic) bond motifs is 1. The van der Waals surface area contributed by atoms with Gasteiger partial charge in [0.05, 0.1) is 36.4 Å². The van der Waals surface area contributed by atoms with Crippen molar-refractivity contribution in [2.75, 3.05) is 25.6 Å². The largest absolute Gasteiger partial charge is 0.493 e. The van der Waals surface area contributed by atoms with Gasteiger partial charge in [0.2, 0.25) is 0 Å². The third-order valence-corrected chi connectivity index (χ3v) is 6.45. The van der Waals surface area contributed by atoms with Crippen molar-refractivity contribution < 1.29 is 31.8 Å². The van der Waals surface area contributed by atoms with Gasteiger partial charge in [-0.2, -0.15) is 13.2 Å². The summed E-state index contributed by atoms with van der Waals surface area (Å²) in [6.07, 6.45) is -1.57. The highest BCUT2D eigenvalue weighted by Crippen LogP contribution is 2.38. The molecule has 1 heterocycles. The third-order valence-electron chi connectivity index (χ3n) is 6.45. The van der Waals surface area contributed by atoms with Crippen molar-refractivity contribution >= 4 is 16.7 Å². The molecule has 1 aliphatic carbocycles. The Kier molecular flexibility index (Phi) is 7.26. The van der Waals surface area contributed by atoms with Gasteiger partial charge in [0.25, 0.3) is 0 Å². The Hall–Kier alpha value is -3.14. The van der Waals surface area contributed by atoms with Gasteiger partial charge in [0.15, 0.2) is 11.5 Å². The standard InChI is InChI=1S/C26H29F4N3O3/c1-15(17-7-5-8-19(23(17)27)26(28,29)30)31-24-18-13-22(35-11-12-36-25(3)9-6-10-25)21(34-4)14-20(18)32-16(2)33-24/h5,7-8,13-15H,6,9-12H2,1-4H3,(H,31,32,33)/t15-/m1/s1. The van der Waals surface area contributed by atoms with Crippen LogP contribution in [0.25, 0.3) is 10.9 Å². The fourth-order valence-electron chi connectivity index (χ4n) is 4.28. The summed E-state index contributed by atoms with van der Waals surface area (Å²) >= 11 is 0. The fourth-order valence-corrected chi connectivity index (χ4v) is 4.28. The first kappa shape index (κ1) is 25.9. The van der Waals surface area contributed by atoms with Gasteiger partial charge in [-0.15, -0.1) is 0 Å². The molecule has 6 nitrogen and oxygen atoms in total. The van der Waals surface area contributed by atoms with Crippen LogP contribution in [-0.4, -0.2) is 35.9 Å². The number of aryl methyl sites for hydroxylation is 1. The van der Waals surface area contributed by atoms with E-state index in [0.29, 0.717) is 47.3 Å². The fraction of sp³-hybridized carbons (Fsp3) is 0.462. The maximum atomic E-state index is 14.7. The summed E-state index contributed by atoms with van der Waals surface area (Å²) in [6.45, 7) is 6.06. The first-order valence-corrected chi connectivity index (χ1v) is 11.8. The Balaban J connectivity index is 1.61. The predicted molar refractivity (Wildman–Crippen MR) is 128 cm³/mol. The topological polar surface area (TPSA) is 65.5 Å². The average Bonchev–Trinajstić information content (AvgIpc) is 2.79. The van der Waals surface area contributed by atoms with E-state index in [1.807, 2.05) is 0 Å². The summed E-state index contributed by atoms with van der Waals surface area (Å²) in [6, 6.07) is 5.82. The predicted octanol–water partition coefficient (Wildman–Crippen LogP) is 6.62. The molecular formula is C26H29F4N3O3. The Labute approximate surface area is 207 Å². The molecule has 0 amide bonds. The molecular weight excluding hydrogens is 478 g/mol. The molecule has 36 heavy (non-hydrogen) atoms. The van der Waals surface area contributed by atoms with Gasteiger partial charge in [-0.05, 0) is 52.2 Å². The second-order valence-corrected chi connectivity index (χ2v) is 9.21. The van der Waals surface area contributed by atoms with Crippen molar-refractivity contribution in [3.05, 3.63) is 53.1 Å². The van der Waals surface area contributed by atoms with Crippen molar-refractivity contribution in [1.82, 2.24) is 9.97 Å². The summed E-state index contributed by atoms with van der Waals surface area (Å²) in [5, 5.41) is 3.61. The molecule has 2 aromatic carbocycles. The number of halogens is 4. The van der Waals surface area contributed by atoms with Crippen LogP contribution in [0.5, 0.6) is 11.5 Å². The van der Waals surface area contributed by atoms with Crippen molar-refractivity contribution in [3.8, 4) is 11.5 Å². The minimum absolute atomic E-state index is 0.0892. The van der Waals surface area contributed by atoms with E-state index in [2.05, 4.69) is 22.2 Å². The van der Waals surface area contributed by atoms with Crippen molar-refractivity contribution in [1.29, 1.82) is 0 Å². The first-order chi connectivity index (χ1) is 17.0. The van der Waals surface area contributed by atoms with Gasteiger partial charge < -0.3 is 19.5 Å². The van der Waals surface area contributed by atoms with Gasteiger partial charge in [-0.25, -0.2) is 14.4 Å². The Morgan fingerprint density at radius 2 is 1.86 bits per heavy atom. The number of anilines is 1. The maximum absolute atomic E-state index is 14.7. The highest BCUT2D eigenvalue weighted by atomic mass is 19.4. The van der Waals surface area contributed by atoms with Crippen LogP contribution >= 0.6 is 0 Å². The molecule has 194 valence electrons. The SMILES string of the molecule is COc1cc2nc(C)nc(N[C@H](C)c3cccc(C(F)(F)F)c3F)c2cc1OCCOC1(C)CCC1. The number of benzene rings is 2. The molecule has 1 aromatic heterocycles. The molecule has 0 bridgehead atoms. The lowest BCUT2D eigenvalue weighted by molar-refractivity contribution is -0.140. The first-order valence-electron chi connectivity index (χ1n) is 11.8. The van der Waals surface area contributed by atoms with E-state index in [0.717, 1.165) is 25.3 Å². The zero-order valence-electron chi connectivity index (χ0n) is 20.6. The number of rotatable bonds is 9. The second kappa shape index (κ2) is 10.1. The van der Waals surface area contributed by atoms with Crippen LogP contribution < -0.4 is 14.8 Å². The highest BCUT2D eigenvalue weighted by molar-refractivity contribution is 5.92. The lowest BCUT2D eigenvalue weighted by atomic mass is 9.82. The summed E-state index contributed by atoms with van der Waals surface area (Å²) in [5.41, 5.74) is -0.977. The molecule has 0 saturated heterocycles. The average molecular weight is 508 g/mol. The number of hydrogen-bond acceptors (Lipinski definition) is 6. The minimum atomic E-state index is -4.79. The molecule has 0 radical (unpaired) electrons. The van der Waals surface area contributed by atoms with E-state index in [-0.39, 0.29) is 11.2 Å². The van der Waals surface area contributed by atoms with E-state index in [1.165, 1.54) is 19.2 Å². The summed E-state index contributed by atoms with van der Waals surface area (Å²) in [7, 11) is 1.52. The molecule has 0 spiro atoms. The Morgan fingerprint density at radius 1 is 1.11 bits per heavy atom. The quantitative estimate of drug-likeness (QED) is 0.260. The van der Waals surface area contributed by atoms with Crippen LogP contribution in [-0.2, 0) is 10.9 Å². The molecule has 4 rings (SSSR count). The highest BCUT2D eigenvalue weighted by Gasteiger charge is 2.35. The number of hydrogen-bond donors (Lipinski definition) is 1. The lowest BCUT2D eigenvalue weighted by Gasteiger charge is -2.38.